The molecule has 1 aliphatic carbocycles. The van der Waals surface area contributed by atoms with Crippen LogP contribution in [-0.2, 0) is 22.4 Å². The Morgan fingerprint density at radius 3 is 2.93 bits per heavy atom. The van der Waals surface area contributed by atoms with Gasteiger partial charge in [0, 0.05) is 17.3 Å². The first kappa shape index (κ1) is 18.8. The Hall–Kier alpha value is -2.98. The van der Waals surface area contributed by atoms with Crippen LogP contribution in [0.3, 0.4) is 0 Å². The second kappa shape index (κ2) is 8.60. The number of fused-ring (bicyclic) bond motifs is 1. The first-order chi connectivity index (χ1) is 13.1. The molecule has 6 nitrogen and oxygen atoms in total. The maximum atomic E-state index is 12.6. The lowest BCUT2D eigenvalue weighted by molar-refractivity contribution is -0.112. The number of pyridine rings is 1. The Kier molecular flexibility index (Phi) is 5.99. The normalized spacial score (nSPS) is 13.4. The molecule has 1 amide bonds. The molecule has 0 saturated carbocycles. The number of anilines is 1. The molecule has 0 radical (unpaired) electrons. The van der Waals surface area contributed by atoms with Crippen LogP contribution in [0, 0.1) is 11.3 Å². The number of carbonyl (C=O) groups is 2. The molecule has 7 heteroatoms. The monoisotopic (exact) mass is 381 g/mol. The van der Waals surface area contributed by atoms with Crippen LogP contribution in [0.1, 0.15) is 46.1 Å². The van der Waals surface area contributed by atoms with Gasteiger partial charge in [-0.1, -0.05) is 6.07 Å². The fraction of sp³-hybridized carbons (Fsp3) is 0.300. The van der Waals surface area contributed by atoms with Gasteiger partial charge in [0.25, 0.3) is 5.91 Å². The summed E-state index contributed by atoms with van der Waals surface area (Å²) >= 11 is 1.40. The van der Waals surface area contributed by atoms with Crippen molar-refractivity contribution in [2.24, 2.45) is 0 Å². The molecule has 0 aromatic carbocycles. The van der Waals surface area contributed by atoms with E-state index in [0.717, 1.165) is 36.1 Å². The van der Waals surface area contributed by atoms with Crippen LogP contribution in [0.2, 0.25) is 0 Å². The number of esters is 1. The highest BCUT2D eigenvalue weighted by molar-refractivity contribution is 7.17. The van der Waals surface area contributed by atoms with Crippen LogP contribution >= 0.6 is 11.3 Å². The number of nitriles is 1. The van der Waals surface area contributed by atoms with Gasteiger partial charge in [0.05, 0.1) is 12.2 Å². The first-order valence-corrected chi connectivity index (χ1v) is 9.60. The predicted molar refractivity (Wildman–Crippen MR) is 103 cm³/mol. The van der Waals surface area contributed by atoms with Gasteiger partial charge in [-0.3, -0.25) is 9.78 Å². The largest absolute Gasteiger partial charge is 0.462 e. The van der Waals surface area contributed by atoms with Gasteiger partial charge >= 0.3 is 5.97 Å². The van der Waals surface area contributed by atoms with E-state index in [-0.39, 0.29) is 12.2 Å². The summed E-state index contributed by atoms with van der Waals surface area (Å²) in [6, 6.07) is 5.40. The van der Waals surface area contributed by atoms with Gasteiger partial charge in [0.15, 0.2) is 0 Å². The summed E-state index contributed by atoms with van der Waals surface area (Å²) in [6.45, 7) is 2.01. The molecule has 138 valence electrons. The lowest BCUT2D eigenvalue weighted by Crippen LogP contribution is -2.16. The van der Waals surface area contributed by atoms with Crippen LogP contribution in [0.15, 0.2) is 30.1 Å². The van der Waals surface area contributed by atoms with E-state index in [1.807, 2.05) is 6.07 Å². The van der Waals surface area contributed by atoms with E-state index >= 15 is 0 Å². The van der Waals surface area contributed by atoms with Crippen molar-refractivity contribution in [3.63, 3.8) is 0 Å². The quantitative estimate of drug-likeness (QED) is 0.484. The number of aromatic nitrogens is 1. The zero-order chi connectivity index (χ0) is 19.2. The second-order valence-corrected chi connectivity index (χ2v) is 7.15. The molecule has 27 heavy (non-hydrogen) atoms. The summed E-state index contributed by atoms with van der Waals surface area (Å²) in [4.78, 5) is 30.2. The molecular formula is C20H19N3O3S. The molecule has 0 unspecified atom stereocenters. The number of carbonyl (C=O) groups excluding carboxylic acids is 2. The summed E-state index contributed by atoms with van der Waals surface area (Å²) in [7, 11) is 0. The maximum absolute atomic E-state index is 12.6. The smallest absolute Gasteiger partial charge is 0.341 e. The topological polar surface area (TPSA) is 92.1 Å². The number of hydrogen-bond acceptors (Lipinski definition) is 6. The molecule has 2 aromatic heterocycles. The van der Waals surface area contributed by atoms with Crippen LogP contribution in [0.25, 0.3) is 6.08 Å². The summed E-state index contributed by atoms with van der Waals surface area (Å²) in [5.74, 6) is -0.979. The molecule has 2 aromatic rings. The Morgan fingerprint density at radius 2 is 2.22 bits per heavy atom. The standard InChI is InChI=1S/C20H19N3O3S/c1-2-26-20(25)17-15-7-3-4-8-16(15)27-19(17)23-18(24)14(11-21)10-13-6-5-9-22-12-13/h5-6,9-10,12H,2-4,7-8H2,1H3,(H,23,24)/b14-10+. The van der Waals surface area contributed by atoms with E-state index < -0.39 is 11.9 Å². The molecule has 3 rings (SSSR count). The average Bonchev–Trinajstić information content (AvgIpc) is 3.04. The summed E-state index contributed by atoms with van der Waals surface area (Å²) in [5.41, 5.74) is 2.00. The third kappa shape index (κ3) is 4.23. The molecule has 0 spiro atoms. The van der Waals surface area contributed by atoms with Crippen LogP contribution < -0.4 is 5.32 Å². The molecular weight excluding hydrogens is 362 g/mol. The average molecular weight is 381 g/mol. The van der Waals surface area contributed by atoms with Gasteiger partial charge in [0.1, 0.15) is 16.6 Å². The van der Waals surface area contributed by atoms with Crippen molar-refractivity contribution >= 4 is 34.3 Å². The fourth-order valence-corrected chi connectivity index (χ4v) is 4.29. The van der Waals surface area contributed by atoms with Crippen molar-refractivity contribution in [2.75, 3.05) is 11.9 Å². The number of ether oxygens (including phenoxy) is 1. The van der Waals surface area contributed by atoms with Crippen molar-refractivity contribution in [1.82, 2.24) is 4.98 Å². The van der Waals surface area contributed by atoms with Gasteiger partial charge in [-0.2, -0.15) is 5.26 Å². The maximum Gasteiger partial charge on any atom is 0.341 e. The van der Waals surface area contributed by atoms with E-state index in [1.54, 1.807) is 31.5 Å². The Bertz CT molecular complexity index is 926. The van der Waals surface area contributed by atoms with Crippen LogP contribution in [0.5, 0.6) is 0 Å². The minimum absolute atomic E-state index is 0.0517. The van der Waals surface area contributed by atoms with Crippen molar-refractivity contribution in [2.45, 2.75) is 32.6 Å². The van der Waals surface area contributed by atoms with E-state index in [0.29, 0.717) is 16.1 Å². The highest BCUT2D eigenvalue weighted by atomic mass is 32.1. The molecule has 0 atom stereocenters. The van der Waals surface area contributed by atoms with E-state index in [2.05, 4.69) is 10.3 Å². The van der Waals surface area contributed by atoms with E-state index in [9.17, 15) is 14.9 Å². The molecule has 0 bridgehead atoms. The van der Waals surface area contributed by atoms with Crippen molar-refractivity contribution in [3.8, 4) is 6.07 Å². The number of rotatable bonds is 5. The molecule has 2 heterocycles. The number of thiophene rings is 1. The highest BCUT2D eigenvalue weighted by Crippen LogP contribution is 2.38. The van der Waals surface area contributed by atoms with Crippen molar-refractivity contribution in [1.29, 1.82) is 5.26 Å². The number of nitrogens with zero attached hydrogens (tertiary/aromatic N) is 2. The van der Waals surface area contributed by atoms with Gasteiger partial charge in [-0.15, -0.1) is 11.3 Å². The van der Waals surface area contributed by atoms with Gasteiger partial charge in [-0.25, -0.2) is 4.79 Å². The molecule has 0 saturated heterocycles. The summed E-state index contributed by atoms with van der Waals surface area (Å²) in [5, 5.41) is 12.6. The third-order valence-corrected chi connectivity index (χ3v) is 5.45. The molecule has 1 aliphatic rings. The van der Waals surface area contributed by atoms with E-state index in [4.69, 9.17) is 4.74 Å². The first-order valence-electron chi connectivity index (χ1n) is 8.78. The summed E-state index contributed by atoms with van der Waals surface area (Å²) < 4.78 is 5.19. The minimum Gasteiger partial charge on any atom is -0.462 e. The molecule has 0 fully saturated rings. The number of aryl methyl sites for hydroxylation is 1. The fourth-order valence-electron chi connectivity index (χ4n) is 3.02. The molecule has 0 aliphatic heterocycles. The summed E-state index contributed by atoms with van der Waals surface area (Å²) in [6.07, 6.45) is 8.41. The van der Waals surface area contributed by atoms with Crippen molar-refractivity contribution in [3.05, 3.63) is 51.7 Å². The number of amides is 1. The van der Waals surface area contributed by atoms with E-state index in [1.165, 1.54) is 17.4 Å². The Labute approximate surface area is 161 Å². The second-order valence-electron chi connectivity index (χ2n) is 6.05. The molecule has 1 N–H and O–H groups in total. The predicted octanol–water partition coefficient (Wildman–Crippen LogP) is 3.74. The SMILES string of the molecule is CCOC(=O)c1c(NC(=O)/C(C#N)=C/c2cccnc2)sc2c1CCCC2. The van der Waals surface area contributed by atoms with Gasteiger partial charge in [-0.05, 0) is 55.9 Å². The minimum atomic E-state index is -0.550. The zero-order valence-electron chi connectivity index (χ0n) is 14.9. The van der Waals surface area contributed by atoms with Gasteiger partial charge in [0.2, 0.25) is 0 Å². The lowest BCUT2D eigenvalue weighted by Gasteiger charge is -2.12. The lowest BCUT2D eigenvalue weighted by atomic mass is 9.95. The number of nitrogens with one attached hydrogen (secondary N) is 1. The Balaban J connectivity index is 1.91. The van der Waals surface area contributed by atoms with Crippen LogP contribution in [-0.4, -0.2) is 23.5 Å². The highest BCUT2D eigenvalue weighted by Gasteiger charge is 2.27. The zero-order valence-corrected chi connectivity index (χ0v) is 15.8. The number of hydrogen-bond donors (Lipinski definition) is 1. The third-order valence-electron chi connectivity index (χ3n) is 4.24. The van der Waals surface area contributed by atoms with Gasteiger partial charge < -0.3 is 10.1 Å². The van der Waals surface area contributed by atoms with Crippen LogP contribution in [0.4, 0.5) is 5.00 Å². The van der Waals surface area contributed by atoms with Crippen molar-refractivity contribution < 1.29 is 14.3 Å². The Morgan fingerprint density at radius 1 is 1.41 bits per heavy atom.